The van der Waals surface area contributed by atoms with E-state index in [1.165, 1.54) is 18.2 Å². The van der Waals surface area contributed by atoms with Crippen molar-refractivity contribution in [1.82, 2.24) is 5.32 Å². The van der Waals surface area contributed by atoms with Gasteiger partial charge in [0.05, 0.1) is 0 Å². The van der Waals surface area contributed by atoms with E-state index in [1.807, 2.05) is 6.07 Å². The highest BCUT2D eigenvalue weighted by atomic mass is 31.2. The minimum absolute atomic E-state index is 0.0334. The van der Waals surface area contributed by atoms with Crippen LogP contribution in [0.25, 0.3) is 0 Å². The molecule has 0 spiro atoms. The number of hydrogen-bond acceptors (Lipinski definition) is 6. The summed E-state index contributed by atoms with van der Waals surface area (Å²) in [4.78, 5) is 35.6. The van der Waals surface area contributed by atoms with Crippen molar-refractivity contribution < 1.29 is 33.4 Å². The Morgan fingerprint density at radius 3 is 2.44 bits per heavy atom. The Balaban J connectivity index is 1.80. The molecule has 36 heavy (non-hydrogen) atoms. The molecule has 12 heteroatoms. The number of carboxylic acids is 1. The van der Waals surface area contributed by atoms with Gasteiger partial charge in [0.15, 0.2) is 12.1 Å². The Labute approximate surface area is 209 Å². The van der Waals surface area contributed by atoms with Gasteiger partial charge in [-0.15, -0.1) is 0 Å². The van der Waals surface area contributed by atoms with E-state index in [-0.39, 0.29) is 24.0 Å². The van der Waals surface area contributed by atoms with Gasteiger partial charge in [0.1, 0.15) is 12.4 Å². The van der Waals surface area contributed by atoms with Crippen LogP contribution in [0, 0.1) is 11.3 Å². The summed E-state index contributed by atoms with van der Waals surface area (Å²) in [5, 5.41) is 22.2. The van der Waals surface area contributed by atoms with E-state index in [4.69, 9.17) is 20.4 Å². The largest absolute Gasteiger partial charge is 0.479 e. The molecule has 1 aliphatic rings. The number of aliphatic carboxylic acids is 1. The average molecular weight is 519 g/mol. The number of carboxylic acid groups (broad SMARTS) is 1. The monoisotopic (exact) mass is 518 g/mol. The number of hydrogen-bond donors (Lipinski definition) is 6. The second-order valence-corrected chi connectivity index (χ2v) is 10.5. The molecular formula is C24H31N4O7P. The highest BCUT2D eigenvalue weighted by Gasteiger charge is 2.44. The second kappa shape index (κ2) is 12.5. The van der Waals surface area contributed by atoms with Crippen LogP contribution in [0.15, 0.2) is 54.6 Å². The van der Waals surface area contributed by atoms with Crippen LogP contribution >= 0.6 is 7.60 Å². The Morgan fingerprint density at radius 2 is 1.81 bits per heavy atom. The third-order valence-electron chi connectivity index (χ3n) is 5.88. The molecule has 0 aromatic heterocycles. The summed E-state index contributed by atoms with van der Waals surface area (Å²) in [7, 11) is -4.72. The molecule has 1 aliphatic carbocycles. The van der Waals surface area contributed by atoms with Crippen molar-refractivity contribution in [2.75, 3.05) is 5.32 Å². The van der Waals surface area contributed by atoms with Crippen molar-refractivity contribution in [2.45, 2.75) is 50.6 Å². The van der Waals surface area contributed by atoms with Crippen molar-refractivity contribution >= 4 is 31.3 Å². The number of guanidine groups is 1. The standard InChI is InChI=1S/C24H31N4O7P/c25-23(26)27-19-13-7-12-18(14-19)20(22(29)30)35-36(32,33)21(17-10-5-2-6-11-17)28-24(31)34-15-16-8-3-1-4-9-16/h1,3-4,7-9,12-14,17,20-21H,2,5-6,10-11,15H2,(H,28,31)(H,29,30)(H,32,33)(H4,25,26,27). The molecule has 2 aromatic carbocycles. The smallest absolute Gasteiger partial charge is 0.408 e. The first-order valence-corrected chi connectivity index (χ1v) is 13.2. The fourth-order valence-electron chi connectivity index (χ4n) is 4.20. The molecule has 0 bridgehead atoms. The molecule has 1 fully saturated rings. The second-order valence-electron chi connectivity index (χ2n) is 8.60. The highest BCUT2D eigenvalue weighted by molar-refractivity contribution is 7.53. The molecule has 0 saturated heterocycles. The quantitative estimate of drug-likeness (QED) is 0.153. The number of nitrogens with one attached hydrogen (secondary N) is 3. The van der Waals surface area contributed by atoms with Gasteiger partial charge in [-0.2, -0.15) is 0 Å². The van der Waals surface area contributed by atoms with E-state index in [1.54, 1.807) is 30.3 Å². The molecule has 0 heterocycles. The van der Waals surface area contributed by atoms with Gasteiger partial charge in [0.25, 0.3) is 0 Å². The summed E-state index contributed by atoms with van der Waals surface area (Å²) in [5.41, 5.74) is 6.46. The van der Waals surface area contributed by atoms with Gasteiger partial charge in [-0.05, 0) is 42.0 Å². The van der Waals surface area contributed by atoms with Crippen LogP contribution in [0.5, 0.6) is 0 Å². The summed E-state index contributed by atoms with van der Waals surface area (Å²) < 4.78 is 24.1. The molecule has 3 unspecified atom stereocenters. The molecule has 194 valence electrons. The van der Waals surface area contributed by atoms with Gasteiger partial charge in [-0.25, -0.2) is 9.59 Å². The molecule has 1 amide bonds. The molecule has 2 aromatic rings. The summed E-state index contributed by atoms with van der Waals surface area (Å²) >= 11 is 0. The third kappa shape index (κ3) is 7.81. The molecule has 3 rings (SSSR count). The fourth-order valence-corrected chi connectivity index (χ4v) is 5.95. The maximum absolute atomic E-state index is 13.5. The van der Waals surface area contributed by atoms with Crippen LogP contribution in [0.1, 0.15) is 49.3 Å². The number of carbonyl (C=O) groups is 2. The number of rotatable bonds is 10. The number of carbonyl (C=O) groups excluding carboxylic acids is 1. The number of benzene rings is 2. The lowest BCUT2D eigenvalue weighted by Crippen LogP contribution is -2.42. The topological polar surface area (TPSA) is 184 Å². The van der Waals surface area contributed by atoms with Gasteiger partial charge >= 0.3 is 19.7 Å². The first-order valence-electron chi connectivity index (χ1n) is 11.6. The molecule has 11 nitrogen and oxygen atoms in total. The van der Waals surface area contributed by atoms with E-state index in [0.29, 0.717) is 18.5 Å². The van der Waals surface area contributed by atoms with Crippen molar-refractivity contribution in [3.63, 3.8) is 0 Å². The maximum atomic E-state index is 13.5. The SMILES string of the molecule is N=C(N)Nc1cccc(C(OP(=O)(O)C(NC(=O)OCc2ccccc2)C2CCCCC2)C(=O)O)c1. The van der Waals surface area contributed by atoms with Gasteiger partial charge in [0, 0.05) is 5.69 Å². The van der Waals surface area contributed by atoms with Crippen LogP contribution in [0.4, 0.5) is 10.5 Å². The summed E-state index contributed by atoms with van der Waals surface area (Å²) in [5.74, 6) is -3.58. The predicted octanol–water partition coefficient (Wildman–Crippen LogP) is 4.15. The molecule has 0 aliphatic heterocycles. The lowest BCUT2D eigenvalue weighted by atomic mass is 9.89. The van der Waals surface area contributed by atoms with Crippen LogP contribution in [-0.4, -0.2) is 33.8 Å². The first-order chi connectivity index (χ1) is 17.2. The lowest BCUT2D eigenvalue weighted by Gasteiger charge is -2.33. The minimum Gasteiger partial charge on any atom is -0.479 e. The zero-order valence-electron chi connectivity index (χ0n) is 19.6. The Hall–Kier alpha value is -3.40. The van der Waals surface area contributed by atoms with E-state index in [0.717, 1.165) is 24.8 Å². The van der Waals surface area contributed by atoms with Crippen LogP contribution in [-0.2, 0) is 25.2 Å². The Kier molecular flexibility index (Phi) is 9.46. The van der Waals surface area contributed by atoms with Crippen molar-refractivity contribution in [1.29, 1.82) is 5.41 Å². The van der Waals surface area contributed by atoms with Gasteiger partial charge in [-0.1, -0.05) is 61.7 Å². The van der Waals surface area contributed by atoms with E-state index in [2.05, 4.69) is 10.6 Å². The lowest BCUT2D eigenvalue weighted by molar-refractivity contribution is -0.145. The molecule has 0 radical (unpaired) electrons. The van der Waals surface area contributed by atoms with Crippen molar-refractivity contribution in [2.24, 2.45) is 11.7 Å². The van der Waals surface area contributed by atoms with E-state index >= 15 is 0 Å². The number of nitrogens with two attached hydrogens (primary N) is 1. The third-order valence-corrected chi connectivity index (χ3v) is 7.64. The van der Waals surface area contributed by atoms with Crippen molar-refractivity contribution in [3.8, 4) is 0 Å². The highest BCUT2D eigenvalue weighted by Crippen LogP contribution is 2.55. The van der Waals surface area contributed by atoms with Crippen LogP contribution in [0.2, 0.25) is 0 Å². The first kappa shape index (κ1) is 27.2. The number of anilines is 1. The fraction of sp³-hybridized carbons (Fsp3) is 0.375. The van der Waals surface area contributed by atoms with E-state index in [9.17, 15) is 24.2 Å². The number of amides is 1. The summed E-state index contributed by atoms with van der Waals surface area (Å²) in [6.07, 6.45) is 1.04. The Morgan fingerprint density at radius 1 is 1.11 bits per heavy atom. The molecule has 7 N–H and O–H groups in total. The maximum Gasteiger partial charge on any atom is 0.408 e. The van der Waals surface area contributed by atoms with Gasteiger partial charge in [0.2, 0.25) is 0 Å². The van der Waals surface area contributed by atoms with Crippen LogP contribution < -0.4 is 16.4 Å². The van der Waals surface area contributed by atoms with Crippen molar-refractivity contribution in [3.05, 3.63) is 65.7 Å². The van der Waals surface area contributed by atoms with E-state index < -0.39 is 31.5 Å². The summed E-state index contributed by atoms with van der Waals surface area (Å²) in [6, 6.07) is 14.8. The number of alkyl carbamates (subject to hydrolysis) is 1. The molecule has 3 atom stereocenters. The molecule has 1 saturated carbocycles. The summed E-state index contributed by atoms with van der Waals surface area (Å²) in [6.45, 7) is -0.0334. The predicted molar refractivity (Wildman–Crippen MR) is 133 cm³/mol. The number of ether oxygens (including phenoxy) is 1. The average Bonchev–Trinajstić information content (AvgIpc) is 2.85. The minimum atomic E-state index is -4.72. The Bertz CT molecular complexity index is 1110. The van der Waals surface area contributed by atoms with Crippen LogP contribution in [0.3, 0.4) is 0 Å². The zero-order chi connectivity index (χ0) is 26.1. The zero-order valence-corrected chi connectivity index (χ0v) is 20.5. The normalized spacial score (nSPS) is 17.2. The van der Waals surface area contributed by atoms with Gasteiger partial charge in [-0.3, -0.25) is 14.5 Å². The molecular weight excluding hydrogens is 487 g/mol. The van der Waals surface area contributed by atoms with Gasteiger partial charge < -0.3 is 31.1 Å².